The first-order valence-electron chi connectivity index (χ1n) is 6.48. The van der Waals surface area contributed by atoms with Gasteiger partial charge in [0.25, 0.3) is 0 Å². The van der Waals surface area contributed by atoms with Gasteiger partial charge in [-0.25, -0.2) is 9.97 Å². The molecule has 0 fully saturated rings. The summed E-state index contributed by atoms with van der Waals surface area (Å²) in [5.41, 5.74) is 8.07. The average Bonchev–Trinajstić information content (AvgIpc) is 2.77. The van der Waals surface area contributed by atoms with E-state index in [0.717, 1.165) is 11.5 Å². The number of fused-ring (bicyclic) bond motifs is 1. The van der Waals surface area contributed by atoms with Crippen molar-refractivity contribution in [3.05, 3.63) is 48.5 Å². The highest BCUT2D eigenvalue weighted by Gasteiger charge is 2.11. The van der Waals surface area contributed by atoms with Crippen molar-refractivity contribution in [3.63, 3.8) is 0 Å². The zero-order chi connectivity index (χ0) is 14.1. The summed E-state index contributed by atoms with van der Waals surface area (Å²) in [6.07, 6.45) is 3.81. The number of hydrogen-bond acceptors (Lipinski definition) is 4. The number of nitrogens with zero attached hydrogens (tertiary/aromatic N) is 4. The highest BCUT2D eigenvalue weighted by atomic mass is 15.1. The van der Waals surface area contributed by atoms with Gasteiger partial charge in [0.1, 0.15) is 11.6 Å². The van der Waals surface area contributed by atoms with Crippen LogP contribution in [0.1, 0.15) is 5.82 Å². The molecule has 0 aliphatic heterocycles. The van der Waals surface area contributed by atoms with Crippen LogP contribution in [-0.4, -0.2) is 21.6 Å². The van der Waals surface area contributed by atoms with E-state index >= 15 is 0 Å². The molecule has 1 aromatic carbocycles. The van der Waals surface area contributed by atoms with Crippen LogP contribution in [0.15, 0.2) is 42.7 Å². The molecule has 2 heterocycles. The summed E-state index contributed by atoms with van der Waals surface area (Å²) in [6.45, 7) is 0.624. The molecule has 0 amide bonds. The molecule has 0 aliphatic carbocycles. The quantitative estimate of drug-likeness (QED) is 0.790. The monoisotopic (exact) mass is 267 g/mol. The van der Waals surface area contributed by atoms with Gasteiger partial charge in [0.2, 0.25) is 0 Å². The van der Waals surface area contributed by atoms with Crippen molar-refractivity contribution >= 4 is 22.4 Å². The molecule has 0 aliphatic rings. The molecule has 0 unspecified atom stereocenters. The molecule has 2 aromatic heterocycles. The van der Waals surface area contributed by atoms with Crippen molar-refractivity contribution in [3.8, 4) is 0 Å². The number of anilines is 2. The molecule has 20 heavy (non-hydrogen) atoms. The second-order valence-corrected chi connectivity index (χ2v) is 4.90. The molecule has 0 saturated heterocycles. The van der Waals surface area contributed by atoms with Gasteiger partial charge in [-0.1, -0.05) is 18.2 Å². The number of nitrogens with two attached hydrogens (primary N) is 1. The smallest absolute Gasteiger partial charge is 0.149 e. The largest absolute Gasteiger partial charge is 0.384 e. The van der Waals surface area contributed by atoms with E-state index in [2.05, 4.69) is 50.9 Å². The highest BCUT2D eigenvalue weighted by Crippen LogP contribution is 2.28. The molecule has 102 valence electrons. The lowest BCUT2D eigenvalue weighted by molar-refractivity contribution is 0.838. The first kappa shape index (κ1) is 12.5. The van der Waals surface area contributed by atoms with Crippen molar-refractivity contribution in [1.29, 1.82) is 0 Å². The van der Waals surface area contributed by atoms with Gasteiger partial charge in [0.05, 0.1) is 12.2 Å². The van der Waals surface area contributed by atoms with E-state index in [-0.39, 0.29) is 0 Å². The maximum absolute atomic E-state index is 5.69. The summed E-state index contributed by atoms with van der Waals surface area (Å²) in [5.74, 6) is 1.22. The number of hydrogen-bond donors (Lipinski definition) is 1. The first-order valence-corrected chi connectivity index (χ1v) is 6.48. The number of aromatic nitrogens is 3. The lowest BCUT2D eigenvalue weighted by Crippen LogP contribution is -2.18. The van der Waals surface area contributed by atoms with Crippen LogP contribution in [0.3, 0.4) is 0 Å². The Kier molecular flexibility index (Phi) is 3.02. The van der Waals surface area contributed by atoms with Crippen LogP contribution in [0.5, 0.6) is 0 Å². The van der Waals surface area contributed by atoms with Crippen LogP contribution in [0.25, 0.3) is 10.9 Å². The summed E-state index contributed by atoms with van der Waals surface area (Å²) >= 11 is 0. The molecule has 2 N–H and O–H groups in total. The minimum absolute atomic E-state index is 0.501. The van der Waals surface area contributed by atoms with Crippen molar-refractivity contribution < 1.29 is 0 Å². The second-order valence-electron chi connectivity index (χ2n) is 4.90. The van der Waals surface area contributed by atoms with Crippen LogP contribution in [0, 0.1) is 0 Å². The van der Waals surface area contributed by atoms with Crippen molar-refractivity contribution in [2.75, 3.05) is 17.7 Å². The van der Waals surface area contributed by atoms with E-state index in [4.69, 9.17) is 5.73 Å². The fourth-order valence-electron chi connectivity index (χ4n) is 2.41. The fourth-order valence-corrected chi connectivity index (χ4v) is 2.41. The fraction of sp³-hybridized carbons (Fsp3) is 0.200. The Morgan fingerprint density at radius 2 is 2.05 bits per heavy atom. The third-order valence-corrected chi connectivity index (χ3v) is 3.39. The highest BCUT2D eigenvalue weighted by molar-refractivity contribution is 5.93. The van der Waals surface area contributed by atoms with Crippen LogP contribution in [-0.2, 0) is 13.6 Å². The summed E-state index contributed by atoms with van der Waals surface area (Å²) in [4.78, 5) is 10.6. The molecular formula is C15H17N5. The van der Waals surface area contributed by atoms with Crippen LogP contribution >= 0.6 is 0 Å². The molecule has 0 bridgehead atoms. The van der Waals surface area contributed by atoms with Gasteiger partial charge in [-0.3, -0.25) is 0 Å². The van der Waals surface area contributed by atoms with Crippen molar-refractivity contribution in [1.82, 2.24) is 14.5 Å². The van der Waals surface area contributed by atoms with Gasteiger partial charge in [0.15, 0.2) is 0 Å². The van der Waals surface area contributed by atoms with Crippen molar-refractivity contribution in [2.45, 2.75) is 6.54 Å². The Labute approximate surface area is 117 Å². The molecular weight excluding hydrogens is 250 g/mol. The summed E-state index contributed by atoms with van der Waals surface area (Å²) in [7, 11) is 4.09. The maximum atomic E-state index is 5.69. The van der Waals surface area contributed by atoms with E-state index in [9.17, 15) is 0 Å². The van der Waals surface area contributed by atoms with Gasteiger partial charge in [-0.15, -0.1) is 0 Å². The Balaban J connectivity index is 1.95. The van der Waals surface area contributed by atoms with Gasteiger partial charge in [-0.2, -0.15) is 0 Å². The van der Waals surface area contributed by atoms with Gasteiger partial charge >= 0.3 is 0 Å². The predicted octanol–water partition coefficient (Wildman–Crippen LogP) is 2.19. The minimum atomic E-state index is 0.501. The molecule has 0 spiro atoms. The van der Waals surface area contributed by atoms with Crippen LogP contribution in [0.2, 0.25) is 0 Å². The van der Waals surface area contributed by atoms with E-state index in [1.54, 1.807) is 12.3 Å². The summed E-state index contributed by atoms with van der Waals surface area (Å²) in [6, 6.07) is 10.0. The number of benzene rings is 1. The topological polar surface area (TPSA) is 60.0 Å². The lowest BCUT2D eigenvalue weighted by Gasteiger charge is -2.17. The Morgan fingerprint density at radius 3 is 2.85 bits per heavy atom. The number of para-hydroxylation sites is 1. The SMILES string of the molecule is CN(Cc1nccc(N)n1)c1cn(C)c2ccccc12. The molecule has 0 atom stereocenters. The molecule has 5 nitrogen and oxygen atoms in total. The zero-order valence-corrected chi connectivity index (χ0v) is 11.6. The van der Waals surface area contributed by atoms with Gasteiger partial charge < -0.3 is 15.2 Å². The molecule has 3 aromatic rings. The molecule has 0 radical (unpaired) electrons. The van der Waals surface area contributed by atoms with Crippen LogP contribution in [0.4, 0.5) is 11.5 Å². The standard InChI is InChI=1S/C15H17N5/c1-19-9-13(11-5-3-4-6-12(11)19)20(2)10-15-17-8-7-14(16)18-15/h3-9H,10H2,1-2H3,(H2,16,17,18). The summed E-state index contributed by atoms with van der Waals surface area (Å²) in [5, 5.41) is 1.22. The Bertz CT molecular complexity index is 747. The number of nitrogen functional groups attached to an aromatic ring is 1. The Hall–Kier alpha value is -2.56. The molecule has 0 saturated carbocycles. The first-order chi connectivity index (χ1) is 9.65. The van der Waals surface area contributed by atoms with Crippen molar-refractivity contribution in [2.24, 2.45) is 7.05 Å². The third-order valence-electron chi connectivity index (χ3n) is 3.39. The van der Waals surface area contributed by atoms with Crippen LogP contribution < -0.4 is 10.6 Å². The Morgan fingerprint density at radius 1 is 1.25 bits per heavy atom. The van der Waals surface area contributed by atoms with E-state index in [0.29, 0.717) is 12.4 Å². The lowest BCUT2D eigenvalue weighted by atomic mass is 10.2. The minimum Gasteiger partial charge on any atom is -0.384 e. The van der Waals surface area contributed by atoms with E-state index < -0.39 is 0 Å². The molecule has 3 rings (SSSR count). The maximum Gasteiger partial charge on any atom is 0.149 e. The second kappa shape index (κ2) is 4.85. The number of aryl methyl sites for hydroxylation is 1. The third kappa shape index (κ3) is 2.18. The van der Waals surface area contributed by atoms with E-state index in [1.165, 1.54) is 10.9 Å². The molecule has 5 heteroatoms. The normalized spacial score (nSPS) is 10.9. The van der Waals surface area contributed by atoms with Gasteiger partial charge in [-0.05, 0) is 12.1 Å². The van der Waals surface area contributed by atoms with E-state index in [1.807, 2.05) is 13.1 Å². The van der Waals surface area contributed by atoms with Gasteiger partial charge in [0, 0.05) is 37.4 Å². The number of rotatable bonds is 3. The predicted molar refractivity (Wildman–Crippen MR) is 81.5 cm³/mol. The summed E-state index contributed by atoms with van der Waals surface area (Å²) < 4.78 is 2.13. The average molecular weight is 267 g/mol. The zero-order valence-electron chi connectivity index (χ0n) is 11.6.